The largest absolute Gasteiger partial charge is 0.352 e. The quantitative estimate of drug-likeness (QED) is 0.693. The SMILES string of the molecule is Cn1cc(C(N)C(=O)NC2CC2)cn1. The van der Waals surface area contributed by atoms with Gasteiger partial charge in [-0.15, -0.1) is 0 Å². The molecule has 1 aliphatic carbocycles. The van der Waals surface area contributed by atoms with Crippen LogP contribution in [0.5, 0.6) is 0 Å². The summed E-state index contributed by atoms with van der Waals surface area (Å²) in [5.74, 6) is -0.111. The Morgan fingerprint density at radius 3 is 3.00 bits per heavy atom. The van der Waals surface area contributed by atoms with Gasteiger partial charge in [0.25, 0.3) is 0 Å². The first-order chi connectivity index (χ1) is 6.66. The molecule has 1 heterocycles. The number of rotatable bonds is 3. The van der Waals surface area contributed by atoms with Gasteiger partial charge in [0.2, 0.25) is 5.91 Å². The van der Waals surface area contributed by atoms with Crippen LogP contribution in [0.3, 0.4) is 0 Å². The molecular weight excluding hydrogens is 180 g/mol. The molecule has 0 aromatic carbocycles. The second-order valence-corrected chi connectivity index (χ2v) is 3.71. The number of carbonyl (C=O) groups excluding carboxylic acids is 1. The number of nitrogens with one attached hydrogen (secondary N) is 1. The lowest BCUT2D eigenvalue weighted by Crippen LogP contribution is -2.35. The van der Waals surface area contributed by atoms with Crippen molar-refractivity contribution in [2.75, 3.05) is 0 Å². The molecule has 3 N–H and O–H groups in total. The predicted octanol–water partition coefficient (Wildman–Crippen LogP) is -0.302. The summed E-state index contributed by atoms with van der Waals surface area (Å²) >= 11 is 0. The highest BCUT2D eigenvalue weighted by atomic mass is 16.2. The maximum absolute atomic E-state index is 11.5. The number of aromatic nitrogens is 2. The summed E-state index contributed by atoms with van der Waals surface area (Å²) in [5, 5.41) is 6.83. The topological polar surface area (TPSA) is 72.9 Å². The molecule has 0 bridgehead atoms. The van der Waals surface area contributed by atoms with Gasteiger partial charge in [-0.2, -0.15) is 5.10 Å². The second-order valence-electron chi connectivity index (χ2n) is 3.71. The normalized spacial score (nSPS) is 17.9. The summed E-state index contributed by atoms with van der Waals surface area (Å²) in [6.45, 7) is 0. The van der Waals surface area contributed by atoms with Crippen molar-refractivity contribution in [1.82, 2.24) is 15.1 Å². The monoisotopic (exact) mass is 194 g/mol. The molecule has 1 unspecified atom stereocenters. The van der Waals surface area contributed by atoms with E-state index in [2.05, 4.69) is 10.4 Å². The van der Waals surface area contributed by atoms with Gasteiger partial charge in [0, 0.05) is 24.8 Å². The maximum Gasteiger partial charge on any atom is 0.241 e. The van der Waals surface area contributed by atoms with Crippen LogP contribution < -0.4 is 11.1 Å². The molecule has 1 saturated carbocycles. The summed E-state index contributed by atoms with van der Waals surface area (Å²) in [7, 11) is 1.80. The zero-order chi connectivity index (χ0) is 10.1. The highest BCUT2D eigenvalue weighted by Crippen LogP contribution is 2.20. The van der Waals surface area contributed by atoms with Crippen LogP contribution in [-0.4, -0.2) is 21.7 Å². The van der Waals surface area contributed by atoms with Gasteiger partial charge in [-0.3, -0.25) is 9.48 Å². The fraction of sp³-hybridized carbons (Fsp3) is 0.556. The Morgan fingerprint density at radius 1 is 1.79 bits per heavy atom. The summed E-state index contributed by atoms with van der Waals surface area (Å²) in [4.78, 5) is 11.5. The van der Waals surface area contributed by atoms with Crippen molar-refractivity contribution in [3.05, 3.63) is 18.0 Å². The third-order valence-corrected chi connectivity index (χ3v) is 2.29. The first-order valence-electron chi connectivity index (χ1n) is 4.71. The van der Waals surface area contributed by atoms with Crippen LogP contribution in [-0.2, 0) is 11.8 Å². The van der Waals surface area contributed by atoms with Crippen LogP contribution in [0.2, 0.25) is 0 Å². The molecule has 1 atom stereocenters. The van der Waals surface area contributed by atoms with Crippen molar-refractivity contribution >= 4 is 5.91 Å². The third kappa shape index (κ3) is 1.93. The molecule has 0 aliphatic heterocycles. The van der Waals surface area contributed by atoms with Crippen LogP contribution in [0, 0.1) is 0 Å². The number of amides is 1. The average Bonchev–Trinajstić information content (AvgIpc) is 2.85. The average molecular weight is 194 g/mol. The van der Waals surface area contributed by atoms with E-state index < -0.39 is 6.04 Å². The lowest BCUT2D eigenvalue weighted by Gasteiger charge is -2.09. The number of aryl methyl sites for hydroxylation is 1. The number of hydrogen-bond donors (Lipinski definition) is 2. The van der Waals surface area contributed by atoms with Crippen LogP contribution >= 0.6 is 0 Å². The molecular formula is C9H14N4O. The Balaban J connectivity index is 1.99. The lowest BCUT2D eigenvalue weighted by atomic mass is 10.1. The zero-order valence-electron chi connectivity index (χ0n) is 8.10. The van der Waals surface area contributed by atoms with E-state index in [-0.39, 0.29) is 5.91 Å². The number of carbonyl (C=O) groups is 1. The first-order valence-corrected chi connectivity index (χ1v) is 4.71. The van der Waals surface area contributed by atoms with E-state index >= 15 is 0 Å². The third-order valence-electron chi connectivity index (χ3n) is 2.29. The van der Waals surface area contributed by atoms with E-state index in [1.807, 2.05) is 0 Å². The number of nitrogens with zero attached hydrogens (tertiary/aromatic N) is 2. The number of nitrogens with two attached hydrogens (primary N) is 1. The van der Waals surface area contributed by atoms with E-state index in [0.717, 1.165) is 18.4 Å². The Hall–Kier alpha value is -1.36. The van der Waals surface area contributed by atoms with E-state index in [0.29, 0.717) is 6.04 Å². The smallest absolute Gasteiger partial charge is 0.241 e. The standard InChI is InChI=1S/C9H14N4O/c1-13-5-6(4-11-13)8(10)9(14)12-7-2-3-7/h4-5,7-8H,2-3,10H2,1H3,(H,12,14). The van der Waals surface area contributed by atoms with Crippen molar-refractivity contribution in [3.8, 4) is 0 Å². The first kappa shape index (κ1) is 9.21. The molecule has 76 valence electrons. The van der Waals surface area contributed by atoms with Crippen LogP contribution in [0.4, 0.5) is 0 Å². The minimum atomic E-state index is -0.593. The summed E-state index contributed by atoms with van der Waals surface area (Å²) in [6.07, 6.45) is 5.53. The molecule has 1 amide bonds. The van der Waals surface area contributed by atoms with Gasteiger partial charge in [-0.05, 0) is 12.8 Å². The van der Waals surface area contributed by atoms with Gasteiger partial charge in [0.05, 0.1) is 6.20 Å². The van der Waals surface area contributed by atoms with Crippen molar-refractivity contribution in [3.63, 3.8) is 0 Å². The van der Waals surface area contributed by atoms with E-state index in [1.54, 1.807) is 24.1 Å². The minimum absolute atomic E-state index is 0.111. The van der Waals surface area contributed by atoms with Gasteiger partial charge in [0.1, 0.15) is 6.04 Å². The Labute approximate surface area is 82.3 Å². The fourth-order valence-corrected chi connectivity index (χ4v) is 1.27. The zero-order valence-corrected chi connectivity index (χ0v) is 8.10. The van der Waals surface area contributed by atoms with E-state index in [4.69, 9.17) is 5.73 Å². The predicted molar refractivity (Wildman–Crippen MR) is 51.3 cm³/mol. The van der Waals surface area contributed by atoms with Gasteiger partial charge < -0.3 is 11.1 Å². The molecule has 1 aromatic heterocycles. The minimum Gasteiger partial charge on any atom is -0.352 e. The molecule has 5 heteroatoms. The van der Waals surface area contributed by atoms with Gasteiger partial charge >= 0.3 is 0 Å². The van der Waals surface area contributed by atoms with Gasteiger partial charge in [-0.1, -0.05) is 0 Å². The molecule has 0 saturated heterocycles. The molecule has 1 fully saturated rings. The summed E-state index contributed by atoms with van der Waals surface area (Å²) < 4.78 is 1.64. The Bertz CT molecular complexity index is 342. The second kappa shape index (κ2) is 3.42. The van der Waals surface area contributed by atoms with Gasteiger partial charge in [-0.25, -0.2) is 0 Å². The molecule has 1 aromatic rings. The molecule has 0 radical (unpaired) electrons. The fourth-order valence-electron chi connectivity index (χ4n) is 1.27. The molecule has 14 heavy (non-hydrogen) atoms. The van der Waals surface area contributed by atoms with E-state index in [1.165, 1.54) is 0 Å². The van der Waals surface area contributed by atoms with Crippen LogP contribution in [0.1, 0.15) is 24.4 Å². The maximum atomic E-state index is 11.5. The Morgan fingerprint density at radius 2 is 2.50 bits per heavy atom. The lowest BCUT2D eigenvalue weighted by molar-refractivity contribution is -0.122. The Kier molecular flexibility index (Phi) is 2.25. The van der Waals surface area contributed by atoms with Crippen molar-refractivity contribution in [2.45, 2.75) is 24.9 Å². The molecule has 0 spiro atoms. The van der Waals surface area contributed by atoms with Crippen LogP contribution in [0.15, 0.2) is 12.4 Å². The highest BCUT2D eigenvalue weighted by Gasteiger charge is 2.26. The molecule has 2 rings (SSSR count). The highest BCUT2D eigenvalue weighted by molar-refractivity contribution is 5.83. The molecule has 1 aliphatic rings. The van der Waals surface area contributed by atoms with Gasteiger partial charge in [0.15, 0.2) is 0 Å². The van der Waals surface area contributed by atoms with Crippen LogP contribution in [0.25, 0.3) is 0 Å². The number of hydrogen-bond acceptors (Lipinski definition) is 3. The summed E-state index contributed by atoms with van der Waals surface area (Å²) in [6, 6.07) is -0.241. The summed E-state index contributed by atoms with van der Waals surface area (Å²) in [5.41, 5.74) is 6.52. The molecule has 5 nitrogen and oxygen atoms in total. The van der Waals surface area contributed by atoms with Crippen molar-refractivity contribution in [1.29, 1.82) is 0 Å². The van der Waals surface area contributed by atoms with E-state index in [9.17, 15) is 4.79 Å². The van der Waals surface area contributed by atoms with Crippen molar-refractivity contribution < 1.29 is 4.79 Å². The van der Waals surface area contributed by atoms with Crippen molar-refractivity contribution in [2.24, 2.45) is 12.8 Å².